The normalized spacial score (nSPS) is 11.5. The van der Waals surface area contributed by atoms with Gasteiger partial charge in [0, 0.05) is 16.7 Å². The molecule has 1 aromatic carbocycles. The zero-order valence-corrected chi connectivity index (χ0v) is 10.8. The van der Waals surface area contributed by atoms with Gasteiger partial charge < -0.3 is 10.9 Å². The summed E-state index contributed by atoms with van der Waals surface area (Å²) >= 11 is 7.48. The highest BCUT2D eigenvalue weighted by molar-refractivity contribution is 7.99. The summed E-state index contributed by atoms with van der Waals surface area (Å²) in [5.74, 6) is 0.0856. The smallest absolute Gasteiger partial charge is 0.170 e. The quantitative estimate of drug-likeness (QED) is 0.392. The maximum atomic E-state index is 8.56. The number of pyridine rings is 1. The van der Waals surface area contributed by atoms with Crippen molar-refractivity contribution in [1.82, 2.24) is 4.98 Å². The van der Waals surface area contributed by atoms with Gasteiger partial charge in [-0.05, 0) is 24.3 Å². The molecule has 0 atom stereocenters. The van der Waals surface area contributed by atoms with E-state index in [9.17, 15) is 0 Å². The molecular weight excluding hydrogens is 270 g/mol. The third-order valence-electron chi connectivity index (χ3n) is 2.20. The molecule has 0 unspecified atom stereocenters. The van der Waals surface area contributed by atoms with Crippen LogP contribution >= 0.6 is 23.4 Å². The fourth-order valence-electron chi connectivity index (χ4n) is 1.31. The van der Waals surface area contributed by atoms with Gasteiger partial charge in [0.2, 0.25) is 0 Å². The zero-order valence-electron chi connectivity index (χ0n) is 9.25. The molecule has 0 aliphatic rings. The lowest BCUT2D eigenvalue weighted by Gasteiger charge is -2.04. The van der Waals surface area contributed by atoms with Crippen molar-refractivity contribution in [2.24, 2.45) is 10.9 Å². The van der Waals surface area contributed by atoms with Crippen molar-refractivity contribution in [2.45, 2.75) is 9.92 Å². The van der Waals surface area contributed by atoms with Crippen LogP contribution in [0.4, 0.5) is 0 Å². The van der Waals surface area contributed by atoms with Crippen LogP contribution in [0.15, 0.2) is 57.7 Å². The fourth-order valence-corrected chi connectivity index (χ4v) is 2.32. The number of nitrogens with zero attached hydrogens (tertiary/aromatic N) is 2. The number of benzene rings is 1. The summed E-state index contributed by atoms with van der Waals surface area (Å²) < 4.78 is 0. The van der Waals surface area contributed by atoms with Gasteiger partial charge in [0.15, 0.2) is 5.84 Å². The second kappa shape index (κ2) is 5.75. The topological polar surface area (TPSA) is 71.5 Å². The lowest BCUT2D eigenvalue weighted by atomic mass is 10.2. The van der Waals surface area contributed by atoms with Crippen molar-refractivity contribution >= 4 is 29.2 Å². The molecule has 18 heavy (non-hydrogen) atoms. The van der Waals surface area contributed by atoms with Crippen molar-refractivity contribution in [2.75, 3.05) is 0 Å². The molecular formula is C12H10ClN3OS. The first-order chi connectivity index (χ1) is 8.70. The molecule has 1 heterocycles. The highest BCUT2D eigenvalue weighted by Gasteiger charge is 2.04. The number of halogens is 1. The molecule has 0 saturated carbocycles. The zero-order chi connectivity index (χ0) is 13.0. The van der Waals surface area contributed by atoms with Crippen LogP contribution in [0.1, 0.15) is 5.56 Å². The molecule has 1 aromatic heterocycles. The van der Waals surface area contributed by atoms with Gasteiger partial charge in [0.05, 0.1) is 5.02 Å². The van der Waals surface area contributed by atoms with Crippen molar-refractivity contribution in [3.63, 3.8) is 0 Å². The Bertz CT molecular complexity index is 572. The summed E-state index contributed by atoms with van der Waals surface area (Å²) in [6.45, 7) is 0. The maximum absolute atomic E-state index is 8.56. The molecule has 2 rings (SSSR count). The molecule has 0 bridgehead atoms. The fraction of sp³-hybridized carbons (Fsp3) is 0. The van der Waals surface area contributed by atoms with Crippen LogP contribution in [-0.4, -0.2) is 16.0 Å². The Labute approximate surface area is 113 Å². The Morgan fingerprint density at radius 2 is 2.00 bits per heavy atom. The second-order valence-corrected chi connectivity index (χ2v) is 4.87. The van der Waals surface area contributed by atoms with Crippen molar-refractivity contribution in [3.8, 4) is 0 Å². The third-order valence-corrected chi connectivity index (χ3v) is 3.64. The number of aromatic nitrogens is 1. The van der Waals surface area contributed by atoms with Gasteiger partial charge in [0.1, 0.15) is 5.03 Å². The van der Waals surface area contributed by atoms with Gasteiger partial charge in [0.25, 0.3) is 0 Å². The first kappa shape index (κ1) is 12.7. The molecule has 0 saturated heterocycles. The standard InChI is InChI=1S/C12H10ClN3OS/c13-10-2-1-7-15-12(10)18-9-5-3-8(4-6-9)11(14)16-17/h1-7,17H,(H2,14,16). The van der Waals surface area contributed by atoms with Crippen LogP contribution in [0, 0.1) is 0 Å². The minimum absolute atomic E-state index is 0.0856. The minimum Gasteiger partial charge on any atom is -0.409 e. The van der Waals surface area contributed by atoms with E-state index in [1.807, 2.05) is 12.1 Å². The molecule has 0 radical (unpaired) electrons. The van der Waals surface area contributed by atoms with E-state index >= 15 is 0 Å². The lowest BCUT2D eigenvalue weighted by Crippen LogP contribution is -2.12. The lowest BCUT2D eigenvalue weighted by molar-refractivity contribution is 0.318. The second-order valence-electron chi connectivity index (χ2n) is 3.40. The molecule has 0 spiro atoms. The van der Waals surface area contributed by atoms with Crippen LogP contribution in [0.2, 0.25) is 5.02 Å². The predicted molar refractivity (Wildman–Crippen MR) is 72.3 cm³/mol. The van der Waals surface area contributed by atoms with Gasteiger partial charge in [-0.25, -0.2) is 4.98 Å². The van der Waals surface area contributed by atoms with E-state index in [1.165, 1.54) is 11.8 Å². The monoisotopic (exact) mass is 279 g/mol. The molecule has 0 aliphatic heterocycles. The molecule has 6 heteroatoms. The Morgan fingerprint density at radius 3 is 2.61 bits per heavy atom. The van der Waals surface area contributed by atoms with E-state index in [0.717, 1.165) is 9.92 Å². The summed E-state index contributed by atoms with van der Waals surface area (Å²) in [5, 5.41) is 12.9. The van der Waals surface area contributed by atoms with Crippen LogP contribution in [0.5, 0.6) is 0 Å². The van der Waals surface area contributed by atoms with E-state index in [1.54, 1.807) is 30.5 Å². The number of hydrogen-bond acceptors (Lipinski definition) is 4. The molecule has 0 fully saturated rings. The van der Waals surface area contributed by atoms with Crippen LogP contribution in [0.25, 0.3) is 0 Å². The summed E-state index contributed by atoms with van der Waals surface area (Å²) in [4.78, 5) is 5.17. The maximum Gasteiger partial charge on any atom is 0.170 e. The van der Waals surface area contributed by atoms with E-state index in [2.05, 4.69) is 10.1 Å². The Hall–Kier alpha value is -1.72. The predicted octanol–water partition coefficient (Wildman–Crippen LogP) is 2.98. The number of rotatable bonds is 3. The number of hydrogen-bond donors (Lipinski definition) is 2. The molecule has 2 aromatic rings. The van der Waals surface area contributed by atoms with Crippen LogP contribution < -0.4 is 5.73 Å². The van der Waals surface area contributed by atoms with Gasteiger partial charge in [-0.1, -0.05) is 40.7 Å². The first-order valence-electron chi connectivity index (χ1n) is 5.07. The van der Waals surface area contributed by atoms with E-state index in [4.69, 9.17) is 22.5 Å². The third kappa shape index (κ3) is 2.94. The van der Waals surface area contributed by atoms with Crippen molar-refractivity contribution < 1.29 is 5.21 Å². The average molecular weight is 280 g/mol. The molecule has 3 N–H and O–H groups in total. The minimum atomic E-state index is 0.0856. The number of nitrogens with two attached hydrogens (primary N) is 1. The Balaban J connectivity index is 2.19. The highest BCUT2D eigenvalue weighted by Crippen LogP contribution is 2.31. The molecule has 4 nitrogen and oxygen atoms in total. The van der Waals surface area contributed by atoms with E-state index < -0.39 is 0 Å². The molecule has 92 valence electrons. The average Bonchev–Trinajstić information content (AvgIpc) is 2.41. The van der Waals surface area contributed by atoms with Gasteiger partial charge in [-0.3, -0.25) is 0 Å². The summed E-state index contributed by atoms with van der Waals surface area (Å²) in [5.41, 5.74) is 6.14. The van der Waals surface area contributed by atoms with Crippen molar-refractivity contribution in [3.05, 3.63) is 53.2 Å². The van der Waals surface area contributed by atoms with Crippen LogP contribution in [-0.2, 0) is 0 Å². The van der Waals surface area contributed by atoms with Crippen LogP contribution in [0.3, 0.4) is 0 Å². The van der Waals surface area contributed by atoms with Crippen molar-refractivity contribution in [1.29, 1.82) is 0 Å². The summed E-state index contributed by atoms with van der Waals surface area (Å²) in [6, 6.07) is 10.9. The Kier molecular flexibility index (Phi) is 4.07. The first-order valence-corrected chi connectivity index (χ1v) is 6.26. The van der Waals surface area contributed by atoms with Gasteiger partial charge in [-0.2, -0.15) is 0 Å². The number of amidine groups is 1. The highest BCUT2D eigenvalue weighted by atomic mass is 35.5. The SMILES string of the molecule is NC(=NO)c1ccc(Sc2ncccc2Cl)cc1. The summed E-state index contributed by atoms with van der Waals surface area (Å²) in [7, 11) is 0. The molecule has 0 amide bonds. The number of oxime groups is 1. The molecule has 0 aliphatic carbocycles. The van der Waals surface area contributed by atoms with Gasteiger partial charge in [-0.15, -0.1) is 0 Å². The van der Waals surface area contributed by atoms with E-state index in [0.29, 0.717) is 10.6 Å². The van der Waals surface area contributed by atoms with E-state index in [-0.39, 0.29) is 5.84 Å². The Morgan fingerprint density at radius 1 is 1.28 bits per heavy atom. The largest absolute Gasteiger partial charge is 0.409 e. The summed E-state index contributed by atoms with van der Waals surface area (Å²) in [6.07, 6.45) is 1.69. The van der Waals surface area contributed by atoms with Gasteiger partial charge >= 0.3 is 0 Å².